The number of likely N-dealkylation sites (tertiary alicyclic amines) is 1. The van der Waals surface area contributed by atoms with Crippen LogP contribution in [-0.2, 0) is 0 Å². The van der Waals surface area contributed by atoms with E-state index in [4.69, 9.17) is 5.73 Å². The summed E-state index contributed by atoms with van der Waals surface area (Å²) in [5, 5.41) is 7.11. The number of hydrogen-bond donors (Lipinski definition) is 2. The monoisotopic (exact) mass is 262 g/mol. The third kappa shape index (κ3) is 2.22. The fourth-order valence-electron chi connectivity index (χ4n) is 2.81. The number of amides is 1. The number of carbonyl (C=O) groups excluding carboxylic acids is 1. The number of anilines is 1. The molecule has 5 nitrogen and oxygen atoms in total. The molecule has 19 heavy (non-hydrogen) atoms. The van der Waals surface area contributed by atoms with Crippen LogP contribution in [0.2, 0.25) is 0 Å². The second-order valence-electron chi connectivity index (χ2n) is 6.17. The van der Waals surface area contributed by atoms with Crippen LogP contribution in [0.25, 0.3) is 0 Å². The topological polar surface area (TPSA) is 75.0 Å². The van der Waals surface area contributed by atoms with Crippen LogP contribution in [0, 0.1) is 11.8 Å². The van der Waals surface area contributed by atoms with Gasteiger partial charge < -0.3 is 10.6 Å². The van der Waals surface area contributed by atoms with Crippen molar-refractivity contribution in [1.29, 1.82) is 0 Å². The van der Waals surface area contributed by atoms with Crippen molar-refractivity contribution in [1.82, 2.24) is 15.1 Å². The summed E-state index contributed by atoms with van der Waals surface area (Å²) in [6.45, 7) is 6.08. The molecule has 1 saturated heterocycles. The molecule has 1 aromatic heterocycles. The number of aromatic nitrogens is 2. The Morgan fingerprint density at radius 3 is 2.68 bits per heavy atom. The number of nitrogens with one attached hydrogen (secondary N) is 1. The summed E-state index contributed by atoms with van der Waals surface area (Å²) in [5.74, 6) is 1.71. The number of carbonyl (C=O) groups is 1. The first-order chi connectivity index (χ1) is 9.08. The Bertz CT molecular complexity index is 492. The highest BCUT2D eigenvalue weighted by Gasteiger charge is 2.33. The van der Waals surface area contributed by atoms with Crippen molar-refractivity contribution in [2.75, 3.05) is 18.8 Å². The normalized spacial score (nSPS) is 27.6. The fraction of sp³-hybridized carbons (Fsp3) is 0.714. The van der Waals surface area contributed by atoms with E-state index in [2.05, 4.69) is 24.0 Å². The second-order valence-corrected chi connectivity index (χ2v) is 6.17. The third-order valence-corrected chi connectivity index (χ3v) is 4.64. The number of rotatable bonds is 2. The van der Waals surface area contributed by atoms with E-state index in [-0.39, 0.29) is 5.91 Å². The summed E-state index contributed by atoms with van der Waals surface area (Å²) in [7, 11) is 0. The first-order valence-electron chi connectivity index (χ1n) is 7.21. The maximum absolute atomic E-state index is 12.5. The van der Waals surface area contributed by atoms with Gasteiger partial charge in [0.25, 0.3) is 5.91 Å². The molecule has 2 aliphatic rings. The van der Waals surface area contributed by atoms with Gasteiger partial charge in [-0.3, -0.25) is 9.89 Å². The van der Waals surface area contributed by atoms with Crippen LogP contribution in [0.1, 0.15) is 55.2 Å². The minimum atomic E-state index is -0.0144. The Morgan fingerprint density at radius 1 is 1.32 bits per heavy atom. The molecule has 1 aromatic rings. The summed E-state index contributed by atoms with van der Waals surface area (Å²) >= 11 is 0. The van der Waals surface area contributed by atoms with E-state index in [0.29, 0.717) is 29.1 Å². The number of H-pyrrole nitrogens is 1. The Hall–Kier alpha value is -1.52. The van der Waals surface area contributed by atoms with Gasteiger partial charge in [0.1, 0.15) is 0 Å². The van der Waals surface area contributed by atoms with Crippen LogP contribution in [0.3, 0.4) is 0 Å². The SMILES string of the molecule is CC1CCN(C(=O)c2n[nH]c(C3CC3)c2N)CC1C. The molecule has 0 bridgehead atoms. The van der Waals surface area contributed by atoms with E-state index in [1.165, 1.54) is 0 Å². The number of nitrogens with two attached hydrogens (primary N) is 1. The lowest BCUT2D eigenvalue weighted by atomic mass is 9.88. The predicted octanol–water partition coefficient (Wildman–Crippen LogP) is 1.99. The maximum Gasteiger partial charge on any atom is 0.276 e. The fourth-order valence-corrected chi connectivity index (χ4v) is 2.81. The zero-order chi connectivity index (χ0) is 13.6. The van der Waals surface area contributed by atoms with E-state index in [0.717, 1.165) is 38.0 Å². The van der Waals surface area contributed by atoms with Gasteiger partial charge in [-0.15, -0.1) is 0 Å². The Labute approximate surface area is 113 Å². The van der Waals surface area contributed by atoms with Gasteiger partial charge >= 0.3 is 0 Å². The lowest BCUT2D eigenvalue weighted by Crippen LogP contribution is -2.42. The molecule has 2 heterocycles. The molecule has 5 heteroatoms. The lowest BCUT2D eigenvalue weighted by Gasteiger charge is -2.34. The van der Waals surface area contributed by atoms with Crippen molar-refractivity contribution in [2.24, 2.45) is 11.8 Å². The van der Waals surface area contributed by atoms with Gasteiger partial charge in [0, 0.05) is 19.0 Å². The standard InChI is InChI=1S/C14H22N4O/c1-8-5-6-18(7-9(8)2)14(19)13-11(15)12(16-17-13)10-3-4-10/h8-10H,3-7,15H2,1-2H3,(H,16,17). The molecule has 1 aliphatic carbocycles. The summed E-state index contributed by atoms with van der Waals surface area (Å²) < 4.78 is 0. The molecule has 3 N–H and O–H groups in total. The summed E-state index contributed by atoms with van der Waals surface area (Å²) in [6.07, 6.45) is 3.36. The van der Waals surface area contributed by atoms with Crippen molar-refractivity contribution >= 4 is 11.6 Å². The van der Waals surface area contributed by atoms with Crippen LogP contribution in [0.4, 0.5) is 5.69 Å². The molecular weight excluding hydrogens is 240 g/mol. The highest BCUT2D eigenvalue weighted by molar-refractivity contribution is 5.97. The van der Waals surface area contributed by atoms with Crippen molar-refractivity contribution in [3.63, 3.8) is 0 Å². The van der Waals surface area contributed by atoms with Crippen molar-refractivity contribution in [3.05, 3.63) is 11.4 Å². The molecule has 104 valence electrons. The van der Waals surface area contributed by atoms with Crippen molar-refractivity contribution in [2.45, 2.75) is 39.0 Å². The number of aromatic amines is 1. The Balaban J connectivity index is 1.76. The van der Waals surface area contributed by atoms with E-state index in [1.54, 1.807) is 0 Å². The minimum absolute atomic E-state index is 0.0144. The molecule has 2 unspecified atom stereocenters. The van der Waals surface area contributed by atoms with Crippen LogP contribution in [0.5, 0.6) is 0 Å². The molecule has 0 radical (unpaired) electrons. The second kappa shape index (κ2) is 4.54. The number of piperidine rings is 1. The summed E-state index contributed by atoms with van der Waals surface area (Å²) in [4.78, 5) is 14.4. The Morgan fingerprint density at radius 2 is 2.05 bits per heavy atom. The highest BCUT2D eigenvalue weighted by atomic mass is 16.2. The van der Waals surface area contributed by atoms with E-state index >= 15 is 0 Å². The molecule has 0 aromatic carbocycles. The molecular formula is C14H22N4O. The summed E-state index contributed by atoms with van der Waals surface area (Å²) in [6, 6.07) is 0. The van der Waals surface area contributed by atoms with Gasteiger partial charge in [0.15, 0.2) is 5.69 Å². The van der Waals surface area contributed by atoms with Gasteiger partial charge in [-0.25, -0.2) is 0 Å². The molecule has 1 saturated carbocycles. The van der Waals surface area contributed by atoms with Crippen LogP contribution < -0.4 is 5.73 Å². The maximum atomic E-state index is 12.5. The zero-order valence-electron chi connectivity index (χ0n) is 11.6. The van der Waals surface area contributed by atoms with Gasteiger partial charge in [-0.05, 0) is 31.1 Å². The van der Waals surface area contributed by atoms with E-state index < -0.39 is 0 Å². The molecule has 1 aliphatic heterocycles. The molecule has 1 amide bonds. The highest BCUT2D eigenvalue weighted by Crippen LogP contribution is 2.42. The number of nitrogens with zero attached hydrogens (tertiary/aromatic N) is 2. The van der Waals surface area contributed by atoms with Gasteiger partial charge in [0.05, 0.1) is 11.4 Å². The smallest absolute Gasteiger partial charge is 0.276 e. The molecule has 0 spiro atoms. The average molecular weight is 262 g/mol. The quantitative estimate of drug-likeness (QED) is 0.855. The van der Waals surface area contributed by atoms with E-state index in [9.17, 15) is 4.79 Å². The first kappa shape index (κ1) is 12.5. The number of nitrogen functional groups attached to an aromatic ring is 1. The largest absolute Gasteiger partial charge is 0.395 e. The average Bonchev–Trinajstić information content (AvgIpc) is 3.16. The number of hydrogen-bond acceptors (Lipinski definition) is 3. The lowest BCUT2D eigenvalue weighted by molar-refractivity contribution is 0.0622. The van der Waals surface area contributed by atoms with Gasteiger partial charge in [0.2, 0.25) is 0 Å². The van der Waals surface area contributed by atoms with Crippen LogP contribution >= 0.6 is 0 Å². The van der Waals surface area contributed by atoms with E-state index in [1.807, 2.05) is 4.90 Å². The first-order valence-corrected chi connectivity index (χ1v) is 7.21. The van der Waals surface area contributed by atoms with Crippen LogP contribution in [0.15, 0.2) is 0 Å². The molecule has 2 fully saturated rings. The van der Waals surface area contributed by atoms with Crippen LogP contribution in [-0.4, -0.2) is 34.1 Å². The summed E-state index contributed by atoms with van der Waals surface area (Å²) in [5.41, 5.74) is 8.02. The van der Waals surface area contributed by atoms with Crippen molar-refractivity contribution < 1.29 is 4.79 Å². The zero-order valence-corrected chi connectivity index (χ0v) is 11.6. The van der Waals surface area contributed by atoms with Gasteiger partial charge in [-0.2, -0.15) is 5.10 Å². The Kier molecular flexibility index (Phi) is 2.99. The minimum Gasteiger partial charge on any atom is -0.395 e. The van der Waals surface area contributed by atoms with Gasteiger partial charge in [-0.1, -0.05) is 13.8 Å². The molecule has 3 rings (SSSR count). The predicted molar refractivity (Wildman–Crippen MR) is 73.8 cm³/mol. The third-order valence-electron chi connectivity index (χ3n) is 4.64. The van der Waals surface area contributed by atoms with Crippen molar-refractivity contribution in [3.8, 4) is 0 Å². The molecule has 2 atom stereocenters.